The first-order valence-corrected chi connectivity index (χ1v) is 5.88. The molecule has 2 aromatic rings. The first-order chi connectivity index (χ1) is 8.18. The van der Waals surface area contributed by atoms with Crippen molar-refractivity contribution in [2.45, 2.75) is 34.6 Å². The first kappa shape index (κ1) is 15.5. The Balaban J connectivity index is 0.000000581. The molecule has 1 aromatic carbocycles. The maximum absolute atomic E-state index is 13.1. The van der Waals surface area contributed by atoms with Crippen LogP contribution >= 0.6 is 0 Å². The van der Waals surface area contributed by atoms with Gasteiger partial charge in [0.15, 0.2) is 0 Å². The molecule has 0 spiro atoms. The van der Waals surface area contributed by atoms with Gasteiger partial charge in [0.25, 0.3) is 0 Å². The van der Waals surface area contributed by atoms with Crippen LogP contribution in [0.1, 0.15) is 33.3 Å². The molecule has 0 aliphatic heterocycles. The molecular formula is C14H19F2N. The Labute approximate surface area is 102 Å². The number of aromatic nitrogens is 1. The average Bonchev–Trinajstić information content (AvgIpc) is 2.36. The predicted octanol–water partition coefficient (Wildman–Crippen LogP) is 4.87. The van der Waals surface area contributed by atoms with Gasteiger partial charge in [-0.25, -0.2) is 8.78 Å². The SMILES string of the molecule is CC.CC.Cc1cncc2c(F)cc(F)cc12. The van der Waals surface area contributed by atoms with Gasteiger partial charge in [0.2, 0.25) is 0 Å². The van der Waals surface area contributed by atoms with Crippen LogP contribution in [0, 0.1) is 18.6 Å². The van der Waals surface area contributed by atoms with Gasteiger partial charge in [-0.2, -0.15) is 0 Å². The van der Waals surface area contributed by atoms with E-state index in [9.17, 15) is 8.78 Å². The number of hydrogen-bond acceptors (Lipinski definition) is 1. The molecule has 0 atom stereocenters. The summed E-state index contributed by atoms with van der Waals surface area (Å²) in [6.45, 7) is 9.77. The molecule has 1 aromatic heterocycles. The summed E-state index contributed by atoms with van der Waals surface area (Å²) in [7, 11) is 0. The van der Waals surface area contributed by atoms with Crippen LogP contribution in [0.5, 0.6) is 0 Å². The van der Waals surface area contributed by atoms with Crippen molar-refractivity contribution < 1.29 is 8.78 Å². The van der Waals surface area contributed by atoms with Crippen LogP contribution in [-0.2, 0) is 0 Å². The number of hydrogen-bond donors (Lipinski definition) is 0. The van der Waals surface area contributed by atoms with Crippen LogP contribution in [0.15, 0.2) is 24.5 Å². The third-order valence-electron chi connectivity index (χ3n) is 1.99. The second-order valence-corrected chi connectivity index (χ2v) is 2.94. The van der Waals surface area contributed by atoms with E-state index in [2.05, 4.69) is 4.98 Å². The zero-order valence-electron chi connectivity index (χ0n) is 11.0. The minimum absolute atomic E-state index is 0.362. The van der Waals surface area contributed by atoms with Gasteiger partial charge in [-0.1, -0.05) is 27.7 Å². The van der Waals surface area contributed by atoms with E-state index in [0.29, 0.717) is 10.8 Å². The molecule has 0 radical (unpaired) electrons. The summed E-state index contributed by atoms with van der Waals surface area (Å²) in [5.74, 6) is -1.12. The predicted molar refractivity (Wildman–Crippen MR) is 69.1 cm³/mol. The molecule has 17 heavy (non-hydrogen) atoms. The van der Waals surface area contributed by atoms with Crippen LogP contribution in [0.3, 0.4) is 0 Å². The van der Waals surface area contributed by atoms with E-state index in [1.807, 2.05) is 27.7 Å². The maximum Gasteiger partial charge on any atom is 0.135 e. The molecule has 0 amide bonds. The van der Waals surface area contributed by atoms with Crippen molar-refractivity contribution >= 4 is 10.8 Å². The fraction of sp³-hybridized carbons (Fsp3) is 0.357. The molecule has 1 nitrogen and oxygen atoms in total. The molecule has 0 saturated carbocycles. The first-order valence-electron chi connectivity index (χ1n) is 5.88. The summed E-state index contributed by atoms with van der Waals surface area (Å²) in [5, 5.41) is 0.939. The summed E-state index contributed by atoms with van der Waals surface area (Å²) in [6, 6.07) is 2.18. The molecule has 0 N–H and O–H groups in total. The molecule has 3 heteroatoms. The standard InChI is InChI=1S/C10H7F2N.2C2H6/c1-6-4-13-5-9-8(6)2-7(11)3-10(9)12;2*1-2/h2-5H,1H3;2*1-2H3. The third kappa shape index (κ3) is 3.77. The highest BCUT2D eigenvalue weighted by Crippen LogP contribution is 2.21. The molecule has 0 aliphatic rings. The summed E-state index contributed by atoms with van der Waals surface area (Å²) < 4.78 is 26.0. The van der Waals surface area contributed by atoms with Crippen LogP contribution in [0.25, 0.3) is 10.8 Å². The van der Waals surface area contributed by atoms with Crippen molar-refractivity contribution in [1.29, 1.82) is 0 Å². The van der Waals surface area contributed by atoms with E-state index >= 15 is 0 Å². The average molecular weight is 239 g/mol. The number of rotatable bonds is 0. The number of pyridine rings is 1. The second-order valence-electron chi connectivity index (χ2n) is 2.94. The number of aryl methyl sites for hydroxylation is 1. The lowest BCUT2D eigenvalue weighted by Gasteiger charge is -2.01. The van der Waals surface area contributed by atoms with Gasteiger partial charge in [-0.3, -0.25) is 4.98 Å². The quantitative estimate of drug-likeness (QED) is 0.639. The zero-order chi connectivity index (χ0) is 13.4. The highest BCUT2D eigenvalue weighted by molar-refractivity contribution is 5.85. The summed E-state index contributed by atoms with van der Waals surface area (Å²) in [5.41, 5.74) is 0.774. The monoisotopic (exact) mass is 239 g/mol. The largest absolute Gasteiger partial charge is 0.264 e. The summed E-state index contributed by atoms with van der Waals surface area (Å²) >= 11 is 0. The molecule has 0 unspecified atom stereocenters. The molecule has 94 valence electrons. The molecule has 0 bridgehead atoms. The number of benzene rings is 1. The maximum atomic E-state index is 13.1. The minimum Gasteiger partial charge on any atom is -0.264 e. The Kier molecular flexibility index (Phi) is 7.03. The van der Waals surface area contributed by atoms with Crippen molar-refractivity contribution in [2.75, 3.05) is 0 Å². The molecule has 0 fully saturated rings. The molecule has 0 aliphatic carbocycles. The Morgan fingerprint density at radius 1 is 0.882 bits per heavy atom. The minimum atomic E-state index is -0.564. The Morgan fingerprint density at radius 2 is 1.47 bits per heavy atom. The third-order valence-corrected chi connectivity index (χ3v) is 1.99. The van der Waals surface area contributed by atoms with Gasteiger partial charge in [-0.05, 0) is 23.9 Å². The number of fused-ring (bicyclic) bond motifs is 1. The van der Waals surface area contributed by atoms with Crippen molar-refractivity contribution in [3.05, 3.63) is 41.7 Å². The van der Waals surface area contributed by atoms with E-state index in [0.717, 1.165) is 11.6 Å². The van der Waals surface area contributed by atoms with Gasteiger partial charge in [0, 0.05) is 23.8 Å². The van der Waals surface area contributed by atoms with Crippen molar-refractivity contribution in [1.82, 2.24) is 4.98 Å². The van der Waals surface area contributed by atoms with Gasteiger partial charge in [0.1, 0.15) is 11.6 Å². The van der Waals surface area contributed by atoms with E-state index in [4.69, 9.17) is 0 Å². The zero-order valence-corrected chi connectivity index (χ0v) is 11.0. The molecule has 0 saturated heterocycles. The molecule has 1 heterocycles. The van der Waals surface area contributed by atoms with E-state index in [1.165, 1.54) is 12.3 Å². The summed E-state index contributed by atoms with van der Waals surface area (Å²) in [6.07, 6.45) is 2.98. The van der Waals surface area contributed by atoms with Crippen LogP contribution in [-0.4, -0.2) is 4.98 Å². The number of nitrogens with zero attached hydrogens (tertiary/aromatic N) is 1. The second kappa shape index (κ2) is 7.71. The van der Waals surface area contributed by atoms with Crippen molar-refractivity contribution in [3.63, 3.8) is 0 Å². The van der Waals surface area contributed by atoms with E-state index in [-0.39, 0.29) is 0 Å². The smallest absolute Gasteiger partial charge is 0.135 e. The van der Waals surface area contributed by atoms with Gasteiger partial charge in [0.05, 0.1) is 0 Å². The lowest BCUT2D eigenvalue weighted by molar-refractivity contribution is 0.592. The lowest BCUT2D eigenvalue weighted by atomic mass is 10.1. The van der Waals surface area contributed by atoms with Crippen LogP contribution in [0.4, 0.5) is 8.78 Å². The van der Waals surface area contributed by atoms with Gasteiger partial charge < -0.3 is 0 Å². The van der Waals surface area contributed by atoms with Crippen molar-refractivity contribution in [2.24, 2.45) is 0 Å². The van der Waals surface area contributed by atoms with Gasteiger partial charge in [-0.15, -0.1) is 0 Å². The molecule has 2 rings (SSSR count). The van der Waals surface area contributed by atoms with E-state index < -0.39 is 11.6 Å². The molecular weight excluding hydrogens is 220 g/mol. The highest BCUT2D eigenvalue weighted by atomic mass is 19.1. The fourth-order valence-corrected chi connectivity index (χ4v) is 1.34. The van der Waals surface area contributed by atoms with Crippen molar-refractivity contribution in [3.8, 4) is 0 Å². The Morgan fingerprint density at radius 3 is 2.06 bits per heavy atom. The van der Waals surface area contributed by atoms with Crippen LogP contribution < -0.4 is 0 Å². The van der Waals surface area contributed by atoms with Gasteiger partial charge >= 0.3 is 0 Å². The highest BCUT2D eigenvalue weighted by Gasteiger charge is 2.05. The number of halogens is 2. The Hall–Kier alpha value is -1.51. The normalized spacial score (nSPS) is 8.88. The topological polar surface area (TPSA) is 12.9 Å². The fourth-order valence-electron chi connectivity index (χ4n) is 1.34. The summed E-state index contributed by atoms with van der Waals surface area (Å²) in [4.78, 5) is 3.84. The lowest BCUT2D eigenvalue weighted by Crippen LogP contribution is -1.87. The Bertz CT molecular complexity index is 467. The van der Waals surface area contributed by atoms with E-state index in [1.54, 1.807) is 13.1 Å². The van der Waals surface area contributed by atoms with Crippen LogP contribution in [0.2, 0.25) is 0 Å².